The van der Waals surface area contributed by atoms with Gasteiger partial charge in [-0.2, -0.15) is 0 Å². The molecule has 0 aliphatic rings. The van der Waals surface area contributed by atoms with Crippen LogP contribution in [0.1, 0.15) is 316 Å². The monoisotopic (exact) mass is 1070 g/mol. The van der Waals surface area contributed by atoms with E-state index in [-0.39, 0.29) is 31.6 Å². The zero-order valence-electron chi connectivity index (χ0n) is 50.7. The molecule has 77 heavy (non-hydrogen) atoms. The van der Waals surface area contributed by atoms with E-state index in [9.17, 15) is 14.4 Å². The summed E-state index contributed by atoms with van der Waals surface area (Å²) in [6, 6.07) is 0. The van der Waals surface area contributed by atoms with Crippen LogP contribution in [-0.4, -0.2) is 37.2 Å². The Balaban J connectivity index is 4.45. The molecule has 0 amide bonds. The fraction of sp³-hybridized carbons (Fsp3) is 0.732. The second-order valence-corrected chi connectivity index (χ2v) is 21.6. The van der Waals surface area contributed by atoms with Crippen molar-refractivity contribution in [3.8, 4) is 0 Å². The summed E-state index contributed by atoms with van der Waals surface area (Å²) in [6.07, 6.45) is 87.1. The average molecular weight is 1070 g/mol. The molecule has 1 unspecified atom stereocenters. The fourth-order valence-corrected chi connectivity index (χ4v) is 9.17. The molecular formula is C71H122O6. The summed E-state index contributed by atoms with van der Waals surface area (Å²) >= 11 is 0. The lowest BCUT2D eigenvalue weighted by molar-refractivity contribution is -0.166. The molecule has 6 heteroatoms. The predicted molar refractivity (Wildman–Crippen MR) is 334 cm³/mol. The molecule has 0 N–H and O–H groups in total. The highest BCUT2D eigenvalue weighted by Crippen LogP contribution is 2.16. The van der Waals surface area contributed by atoms with Gasteiger partial charge in [0.15, 0.2) is 6.10 Å². The maximum Gasteiger partial charge on any atom is 0.306 e. The van der Waals surface area contributed by atoms with E-state index < -0.39 is 12.1 Å². The highest BCUT2D eigenvalue weighted by molar-refractivity contribution is 5.71. The molecule has 0 aromatic carbocycles. The molecule has 0 fully saturated rings. The Bertz CT molecular complexity index is 1510. The van der Waals surface area contributed by atoms with Crippen LogP contribution in [0.15, 0.2) is 97.2 Å². The van der Waals surface area contributed by atoms with E-state index in [0.717, 1.165) is 77.0 Å². The molecule has 0 aromatic heterocycles. The molecule has 1 atom stereocenters. The number of carbonyl (C=O) groups excluding carboxylic acids is 3. The van der Waals surface area contributed by atoms with Crippen molar-refractivity contribution >= 4 is 17.9 Å². The third-order valence-electron chi connectivity index (χ3n) is 14.1. The maximum absolute atomic E-state index is 12.9. The third-order valence-corrected chi connectivity index (χ3v) is 14.1. The molecule has 442 valence electrons. The lowest BCUT2D eigenvalue weighted by atomic mass is 10.0. The largest absolute Gasteiger partial charge is 0.462 e. The van der Waals surface area contributed by atoms with Gasteiger partial charge in [0.2, 0.25) is 0 Å². The van der Waals surface area contributed by atoms with Crippen LogP contribution in [0.2, 0.25) is 0 Å². The van der Waals surface area contributed by atoms with Gasteiger partial charge in [-0.25, -0.2) is 0 Å². The van der Waals surface area contributed by atoms with Gasteiger partial charge in [0, 0.05) is 19.3 Å². The lowest BCUT2D eigenvalue weighted by Gasteiger charge is -2.18. The Labute approximate surface area is 477 Å². The minimum atomic E-state index is -0.822. The molecule has 6 nitrogen and oxygen atoms in total. The van der Waals surface area contributed by atoms with Gasteiger partial charge in [-0.3, -0.25) is 14.4 Å². The quantitative estimate of drug-likeness (QED) is 0.0261. The summed E-state index contributed by atoms with van der Waals surface area (Å²) in [7, 11) is 0. The van der Waals surface area contributed by atoms with Crippen molar-refractivity contribution in [2.75, 3.05) is 13.2 Å². The molecule has 0 heterocycles. The van der Waals surface area contributed by atoms with Crippen LogP contribution in [0.3, 0.4) is 0 Å². The fourth-order valence-electron chi connectivity index (χ4n) is 9.17. The van der Waals surface area contributed by atoms with Crippen LogP contribution in [-0.2, 0) is 28.6 Å². The summed E-state index contributed by atoms with van der Waals surface area (Å²) in [5.41, 5.74) is 0. The Morgan fingerprint density at radius 3 is 0.844 bits per heavy atom. The molecule has 0 spiro atoms. The van der Waals surface area contributed by atoms with Gasteiger partial charge in [-0.05, 0) is 109 Å². The van der Waals surface area contributed by atoms with E-state index in [1.807, 2.05) is 6.08 Å². The van der Waals surface area contributed by atoms with Gasteiger partial charge in [0.1, 0.15) is 13.2 Å². The second kappa shape index (κ2) is 64.9. The van der Waals surface area contributed by atoms with E-state index in [0.29, 0.717) is 19.3 Å². The average Bonchev–Trinajstić information content (AvgIpc) is 3.43. The van der Waals surface area contributed by atoms with Crippen LogP contribution in [0.4, 0.5) is 0 Å². The number of ether oxygens (including phenoxy) is 3. The van der Waals surface area contributed by atoms with E-state index in [4.69, 9.17) is 14.2 Å². The first-order valence-corrected chi connectivity index (χ1v) is 32.7. The number of carbonyl (C=O) groups is 3. The number of hydrogen-bond acceptors (Lipinski definition) is 6. The van der Waals surface area contributed by atoms with Crippen molar-refractivity contribution in [1.82, 2.24) is 0 Å². The number of hydrogen-bond donors (Lipinski definition) is 0. The zero-order chi connectivity index (χ0) is 55.7. The van der Waals surface area contributed by atoms with Crippen molar-refractivity contribution in [3.05, 3.63) is 97.2 Å². The zero-order valence-corrected chi connectivity index (χ0v) is 50.7. The van der Waals surface area contributed by atoms with Crippen molar-refractivity contribution in [3.63, 3.8) is 0 Å². The summed E-state index contributed by atoms with van der Waals surface area (Å²) < 4.78 is 16.9. The highest BCUT2D eigenvalue weighted by atomic mass is 16.6. The number of rotatable bonds is 59. The summed E-state index contributed by atoms with van der Waals surface area (Å²) in [4.78, 5) is 38.3. The molecule has 0 aliphatic carbocycles. The topological polar surface area (TPSA) is 78.9 Å². The molecule has 0 saturated heterocycles. The Morgan fingerprint density at radius 2 is 0.532 bits per heavy atom. The van der Waals surface area contributed by atoms with E-state index >= 15 is 0 Å². The second-order valence-electron chi connectivity index (χ2n) is 21.6. The minimum absolute atomic E-state index is 0.108. The van der Waals surface area contributed by atoms with Gasteiger partial charge in [-0.15, -0.1) is 0 Å². The van der Waals surface area contributed by atoms with Crippen LogP contribution in [0, 0.1) is 0 Å². The van der Waals surface area contributed by atoms with Crippen LogP contribution < -0.4 is 0 Å². The molecule has 0 aliphatic heterocycles. The van der Waals surface area contributed by atoms with Crippen LogP contribution >= 0.6 is 0 Å². The van der Waals surface area contributed by atoms with Crippen LogP contribution in [0.25, 0.3) is 0 Å². The molecular weight excluding hydrogens is 949 g/mol. The van der Waals surface area contributed by atoms with Gasteiger partial charge in [-0.1, -0.05) is 285 Å². The summed E-state index contributed by atoms with van der Waals surface area (Å²) in [6.45, 7) is 6.49. The lowest BCUT2D eigenvalue weighted by Crippen LogP contribution is -2.30. The SMILES string of the molecule is CC/C=C\C/C=C\C/C=C\C/C=C\C/C=C\C/C=C\CCC(=O)OC(COC(=O)CCCCCCCCC/C=C\CCCCCCCC)COC(=O)CCCCCCCCCCCCC/C=C\CCCCCCCCCC. The van der Waals surface area contributed by atoms with E-state index in [2.05, 4.69) is 112 Å². The third kappa shape index (κ3) is 63.0. The Morgan fingerprint density at radius 1 is 0.273 bits per heavy atom. The summed E-state index contributed by atoms with van der Waals surface area (Å²) in [5.74, 6) is -0.988. The minimum Gasteiger partial charge on any atom is -0.462 e. The first kappa shape index (κ1) is 73.3. The number of unbranched alkanes of at least 4 members (excludes halogenated alkanes) is 32. The Hall–Kier alpha value is -3.67. The van der Waals surface area contributed by atoms with Crippen molar-refractivity contribution in [2.45, 2.75) is 322 Å². The standard InChI is InChI=1S/C71H122O6/c1-4-7-10-13-16-19-22-25-28-31-33-34-35-36-38-40-43-46-49-52-55-58-61-64-70(73)76-67-68(66-75-69(72)63-60-57-54-51-48-45-42-39-30-27-24-21-18-15-12-9-6-3)77-71(74)65-62-59-56-53-50-47-44-41-37-32-29-26-23-20-17-14-11-8-5-2/h8,11,17,20,26-27,29-31,33,37,41,47,50,56,59,68H,4-7,9-10,12-16,18-19,21-25,28,32,34-36,38-40,42-46,48-49,51-55,57-58,60-67H2,1-3H3/b11-8-,20-17-,29-26-,30-27-,33-31-,41-37-,50-47-,59-56-. The van der Waals surface area contributed by atoms with Gasteiger partial charge in [0.25, 0.3) is 0 Å². The summed E-state index contributed by atoms with van der Waals surface area (Å²) in [5, 5.41) is 0. The highest BCUT2D eigenvalue weighted by Gasteiger charge is 2.19. The van der Waals surface area contributed by atoms with Crippen molar-refractivity contribution in [2.24, 2.45) is 0 Å². The van der Waals surface area contributed by atoms with Gasteiger partial charge < -0.3 is 14.2 Å². The molecule has 0 rings (SSSR count). The molecule has 0 aromatic rings. The molecule has 0 radical (unpaired) electrons. The normalized spacial score (nSPS) is 12.7. The van der Waals surface area contributed by atoms with Crippen LogP contribution in [0.5, 0.6) is 0 Å². The first-order valence-electron chi connectivity index (χ1n) is 32.7. The van der Waals surface area contributed by atoms with Crippen molar-refractivity contribution in [1.29, 1.82) is 0 Å². The smallest absolute Gasteiger partial charge is 0.306 e. The molecule has 0 saturated carbocycles. The number of allylic oxidation sites excluding steroid dienone is 16. The van der Waals surface area contributed by atoms with Crippen molar-refractivity contribution < 1.29 is 28.6 Å². The van der Waals surface area contributed by atoms with E-state index in [1.165, 1.54) is 193 Å². The maximum atomic E-state index is 12.9. The van der Waals surface area contributed by atoms with E-state index in [1.54, 1.807) is 0 Å². The predicted octanol–water partition coefficient (Wildman–Crippen LogP) is 22.4. The molecule has 0 bridgehead atoms. The first-order chi connectivity index (χ1) is 38.0. The number of esters is 3. The van der Waals surface area contributed by atoms with Gasteiger partial charge >= 0.3 is 17.9 Å². The Kier molecular flexibility index (Phi) is 61.8. The van der Waals surface area contributed by atoms with Gasteiger partial charge in [0.05, 0.1) is 0 Å².